The molecule has 0 heterocycles. The van der Waals surface area contributed by atoms with Crippen LogP contribution < -0.4 is 5.73 Å². The van der Waals surface area contributed by atoms with Gasteiger partial charge >= 0.3 is 0 Å². The molecule has 3 nitrogen and oxygen atoms in total. The second kappa shape index (κ2) is 5.46. The van der Waals surface area contributed by atoms with E-state index < -0.39 is 12.1 Å². The summed E-state index contributed by atoms with van der Waals surface area (Å²) in [6.45, 7) is 0. The van der Waals surface area contributed by atoms with Crippen LogP contribution in [0.4, 0.5) is 0 Å². The summed E-state index contributed by atoms with van der Waals surface area (Å²) in [7, 11) is 0. The largest absolute Gasteiger partial charge is 0.386 e. The van der Waals surface area contributed by atoms with Gasteiger partial charge in [0.25, 0.3) is 0 Å². The molecule has 0 aliphatic carbocycles. The van der Waals surface area contributed by atoms with E-state index in [4.69, 9.17) is 11.0 Å². The van der Waals surface area contributed by atoms with Gasteiger partial charge in [-0.1, -0.05) is 42.5 Å². The average Bonchev–Trinajstić information content (AvgIpc) is 2.46. The number of benzene rings is 2. The first-order chi connectivity index (χ1) is 8.72. The molecule has 0 amide bonds. The third-order valence-corrected chi connectivity index (χ3v) is 2.88. The molecule has 2 rings (SSSR count). The fourth-order valence-electron chi connectivity index (χ4n) is 1.86. The fourth-order valence-corrected chi connectivity index (χ4v) is 1.86. The van der Waals surface area contributed by atoms with E-state index in [9.17, 15) is 5.11 Å². The zero-order chi connectivity index (χ0) is 13.0. The molecule has 0 saturated carbocycles. The zero-order valence-corrected chi connectivity index (χ0v) is 9.82. The molecular weight excluding hydrogens is 224 g/mol. The Balaban J connectivity index is 2.26. The standard InChI is InChI=1S/C15H14N2O/c16-10-11-5-4-8-13(9-11)15(18)14(17)12-6-2-1-3-7-12/h1-9,14-15,18H,17H2. The Labute approximate surface area is 106 Å². The topological polar surface area (TPSA) is 70.0 Å². The van der Waals surface area contributed by atoms with Gasteiger partial charge in [0, 0.05) is 0 Å². The highest BCUT2D eigenvalue weighted by molar-refractivity contribution is 5.35. The van der Waals surface area contributed by atoms with Crippen molar-refractivity contribution in [1.29, 1.82) is 5.26 Å². The minimum Gasteiger partial charge on any atom is -0.386 e. The highest BCUT2D eigenvalue weighted by Crippen LogP contribution is 2.26. The maximum atomic E-state index is 10.2. The predicted octanol–water partition coefficient (Wildman–Crippen LogP) is 2.29. The number of nitrogens with two attached hydrogens (primary N) is 1. The Morgan fingerprint density at radius 2 is 1.67 bits per heavy atom. The Bertz CT molecular complexity index is 560. The maximum absolute atomic E-state index is 10.2. The average molecular weight is 238 g/mol. The highest BCUT2D eigenvalue weighted by atomic mass is 16.3. The summed E-state index contributed by atoms with van der Waals surface area (Å²) in [4.78, 5) is 0. The number of aliphatic hydroxyl groups is 1. The van der Waals surface area contributed by atoms with Crippen molar-refractivity contribution in [2.75, 3.05) is 0 Å². The van der Waals surface area contributed by atoms with Crippen LogP contribution in [0.2, 0.25) is 0 Å². The number of rotatable bonds is 3. The predicted molar refractivity (Wildman–Crippen MR) is 69.5 cm³/mol. The van der Waals surface area contributed by atoms with Gasteiger partial charge < -0.3 is 10.8 Å². The fraction of sp³-hybridized carbons (Fsp3) is 0.133. The molecule has 18 heavy (non-hydrogen) atoms. The van der Waals surface area contributed by atoms with Crippen LogP contribution in [0.3, 0.4) is 0 Å². The van der Waals surface area contributed by atoms with Crippen molar-refractivity contribution in [2.45, 2.75) is 12.1 Å². The molecule has 90 valence electrons. The lowest BCUT2D eigenvalue weighted by atomic mass is 9.96. The van der Waals surface area contributed by atoms with Gasteiger partial charge in [-0.2, -0.15) is 5.26 Å². The first-order valence-electron chi connectivity index (χ1n) is 5.71. The number of hydrogen-bond donors (Lipinski definition) is 2. The van der Waals surface area contributed by atoms with Crippen LogP contribution in [0.5, 0.6) is 0 Å². The molecular formula is C15H14N2O. The summed E-state index contributed by atoms with van der Waals surface area (Å²) in [5.41, 5.74) is 8.08. The van der Waals surface area contributed by atoms with Crippen molar-refractivity contribution in [3.63, 3.8) is 0 Å². The summed E-state index contributed by atoms with van der Waals surface area (Å²) in [5.74, 6) is 0. The molecule has 0 radical (unpaired) electrons. The van der Waals surface area contributed by atoms with Crippen molar-refractivity contribution >= 4 is 0 Å². The van der Waals surface area contributed by atoms with Gasteiger partial charge in [-0.3, -0.25) is 0 Å². The molecule has 0 spiro atoms. The Morgan fingerprint density at radius 3 is 2.33 bits per heavy atom. The van der Waals surface area contributed by atoms with Gasteiger partial charge in [0.1, 0.15) is 0 Å². The first kappa shape index (κ1) is 12.3. The van der Waals surface area contributed by atoms with Crippen LogP contribution >= 0.6 is 0 Å². The molecule has 2 aromatic carbocycles. The van der Waals surface area contributed by atoms with Crippen molar-refractivity contribution < 1.29 is 5.11 Å². The van der Waals surface area contributed by atoms with E-state index in [0.717, 1.165) is 5.56 Å². The minimum atomic E-state index is -0.819. The van der Waals surface area contributed by atoms with E-state index in [2.05, 4.69) is 0 Å². The number of hydrogen-bond acceptors (Lipinski definition) is 3. The van der Waals surface area contributed by atoms with Crippen molar-refractivity contribution in [3.8, 4) is 6.07 Å². The van der Waals surface area contributed by atoms with Gasteiger partial charge in [-0.15, -0.1) is 0 Å². The van der Waals surface area contributed by atoms with Crippen LogP contribution in [0, 0.1) is 11.3 Å². The molecule has 2 atom stereocenters. The van der Waals surface area contributed by atoms with Gasteiger partial charge in [-0.25, -0.2) is 0 Å². The van der Waals surface area contributed by atoms with E-state index in [1.807, 2.05) is 36.4 Å². The number of nitriles is 1. The lowest BCUT2D eigenvalue weighted by Crippen LogP contribution is -2.19. The summed E-state index contributed by atoms with van der Waals surface area (Å²) >= 11 is 0. The Kier molecular flexibility index (Phi) is 3.73. The quantitative estimate of drug-likeness (QED) is 0.861. The van der Waals surface area contributed by atoms with E-state index >= 15 is 0 Å². The molecule has 2 aromatic rings. The van der Waals surface area contributed by atoms with Gasteiger partial charge in [-0.05, 0) is 23.3 Å². The van der Waals surface area contributed by atoms with Crippen molar-refractivity contribution in [2.24, 2.45) is 5.73 Å². The van der Waals surface area contributed by atoms with E-state index in [-0.39, 0.29) is 0 Å². The van der Waals surface area contributed by atoms with Crippen LogP contribution in [0.25, 0.3) is 0 Å². The maximum Gasteiger partial charge on any atom is 0.0991 e. The first-order valence-corrected chi connectivity index (χ1v) is 5.71. The van der Waals surface area contributed by atoms with Crippen LogP contribution in [0.1, 0.15) is 28.8 Å². The van der Waals surface area contributed by atoms with Crippen molar-refractivity contribution in [1.82, 2.24) is 0 Å². The summed E-state index contributed by atoms with van der Waals surface area (Å²) in [5, 5.41) is 19.1. The van der Waals surface area contributed by atoms with Crippen LogP contribution in [-0.2, 0) is 0 Å². The summed E-state index contributed by atoms with van der Waals surface area (Å²) in [6.07, 6.45) is -0.819. The molecule has 3 heteroatoms. The van der Waals surface area contributed by atoms with E-state index in [1.54, 1.807) is 24.3 Å². The van der Waals surface area contributed by atoms with E-state index in [1.165, 1.54) is 0 Å². The molecule has 0 saturated heterocycles. The van der Waals surface area contributed by atoms with Crippen LogP contribution in [-0.4, -0.2) is 5.11 Å². The normalized spacial score (nSPS) is 13.6. The molecule has 0 aliphatic rings. The molecule has 0 aliphatic heterocycles. The van der Waals surface area contributed by atoms with Gasteiger partial charge in [0.2, 0.25) is 0 Å². The number of aliphatic hydroxyl groups excluding tert-OH is 1. The van der Waals surface area contributed by atoms with Gasteiger partial charge in [0.15, 0.2) is 0 Å². The third-order valence-electron chi connectivity index (χ3n) is 2.88. The van der Waals surface area contributed by atoms with Gasteiger partial charge in [0.05, 0.1) is 23.8 Å². The summed E-state index contributed by atoms with van der Waals surface area (Å²) < 4.78 is 0. The third kappa shape index (κ3) is 2.57. The molecule has 3 N–H and O–H groups in total. The molecule has 0 aromatic heterocycles. The van der Waals surface area contributed by atoms with Crippen LogP contribution in [0.15, 0.2) is 54.6 Å². The second-order valence-electron chi connectivity index (χ2n) is 4.12. The molecule has 2 unspecified atom stereocenters. The monoisotopic (exact) mass is 238 g/mol. The lowest BCUT2D eigenvalue weighted by molar-refractivity contribution is 0.147. The smallest absolute Gasteiger partial charge is 0.0991 e. The highest BCUT2D eigenvalue weighted by Gasteiger charge is 2.18. The second-order valence-corrected chi connectivity index (χ2v) is 4.12. The molecule has 0 bridgehead atoms. The Hall–Kier alpha value is -2.15. The zero-order valence-electron chi connectivity index (χ0n) is 9.82. The molecule has 0 fully saturated rings. The lowest BCUT2D eigenvalue weighted by Gasteiger charge is -2.19. The minimum absolute atomic E-state index is 0.500. The SMILES string of the molecule is N#Cc1cccc(C(O)C(N)c2ccccc2)c1. The Morgan fingerprint density at radius 1 is 1.00 bits per heavy atom. The van der Waals surface area contributed by atoms with E-state index in [0.29, 0.717) is 11.1 Å². The number of nitrogens with zero attached hydrogens (tertiary/aromatic N) is 1. The summed E-state index contributed by atoms with van der Waals surface area (Å²) in [6, 6.07) is 17.8. The van der Waals surface area contributed by atoms with Crippen molar-refractivity contribution in [3.05, 3.63) is 71.3 Å².